The number of ketones is 1. The molecule has 0 atom stereocenters. The molecule has 0 aliphatic rings. The molecule has 0 N–H and O–H groups in total. The zero-order valence-corrected chi connectivity index (χ0v) is 15.7. The van der Waals surface area contributed by atoms with Crippen molar-refractivity contribution in [3.63, 3.8) is 0 Å². The van der Waals surface area contributed by atoms with Gasteiger partial charge in [0.25, 0.3) is 0 Å². The largest absolute Gasteiger partial charge is 0.385 e. The maximum absolute atomic E-state index is 13.0. The maximum atomic E-state index is 13.0. The highest BCUT2D eigenvalue weighted by atomic mass is 32.2. The zero-order chi connectivity index (χ0) is 19.1. The van der Waals surface area contributed by atoms with Gasteiger partial charge in [0.05, 0.1) is 5.75 Å². The number of hydrogen-bond acceptors (Lipinski definition) is 6. The van der Waals surface area contributed by atoms with E-state index < -0.39 is 0 Å². The summed E-state index contributed by atoms with van der Waals surface area (Å²) in [6.07, 6.45) is 4.20. The third kappa shape index (κ3) is 4.99. The summed E-state index contributed by atoms with van der Waals surface area (Å²) in [5, 5.41) is 9.20. The molecule has 0 aliphatic carbocycles. The van der Waals surface area contributed by atoms with E-state index >= 15 is 0 Å². The van der Waals surface area contributed by atoms with Crippen LogP contribution in [0.3, 0.4) is 0 Å². The van der Waals surface area contributed by atoms with E-state index in [9.17, 15) is 9.18 Å². The standard InChI is InChI=1S/C19H19FN4O2S/c1-26-12-2-11-24-18(15-7-9-21-10-8-15)22-23-19(24)27-13-17(25)14-3-5-16(20)6-4-14/h3-10H,2,11-13H2,1H3. The van der Waals surface area contributed by atoms with E-state index in [1.165, 1.54) is 36.0 Å². The average molecular weight is 386 g/mol. The summed E-state index contributed by atoms with van der Waals surface area (Å²) >= 11 is 1.32. The van der Waals surface area contributed by atoms with Crippen LogP contribution in [-0.4, -0.2) is 45.0 Å². The van der Waals surface area contributed by atoms with Crippen LogP contribution in [0.25, 0.3) is 11.4 Å². The van der Waals surface area contributed by atoms with Crippen molar-refractivity contribution in [3.05, 3.63) is 60.2 Å². The molecule has 3 aromatic rings. The molecule has 0 aliphatic heterocycles. The first-order valence-corrected chi connectivity index (χ1v) is 9.41. The summed E-state index contributed by atoms with van der Waals surface area (Å²) in [6, 6.07) is 9.29. The average Bonchev–Trinajstić information content (AvgIpc) is 3.10. The zero-order valence-electron chi connectivity index (χ0n) is 14.8. The Balaban J connectivity index is 1.76. The first-order valence-electron chi connectivity index (χ1n) is 8.43. The fraction of sp³-hybridized carbons (Fsp3) is 0.263. The number of pyridine rings is 1. The van der Waals surface area contributed by atoms with Crippen LogP contribution in [0.15, 0.2) is 53.9 Å². The Morgan fingerprint density at radius 3 is 2.59 bits per heavy atom. The third-order valence-corrected chi connectivity index (χ3v) is 4.85. The molecule has 6 nitrogen and oxygen atoms in total. The van der Waals surface area contributed by atoms with Crippen LogP contribution in [0, 0.1) is 5.82 Å². The van der Waals surface area contributed by atoms with Crippen molar-refractivity contribution in [1.82, 2.24) is 19.7 Å². The van der Waals surface area contributed by atoms with E-state index in [1.807, 2.05) is 16.7 Å². The number of ether oxygens (including phenoxy) is 1. The molecule has 0 unspecified atom stereocenters. The van der Waals surface area contributed by atoms with Crippen LogP contribution in [0.1, 0.15) is 16.8 Å². The molecule has 0 saturated carbocycles. The van der Waals surface area contributed by atoms with Gasteiger partial charge in [-0.1, -0.05) is 11.8 Å². The van der Waals surface area contributed by atoms with Crippen molar-refractivity contribution in [2.24, 2.45) is 0 Å². The molecule has 140 valence electrons. The van der Waals surface area contributed by atoms with Crippen LogP contribution >= 0.6 is 11.8 Å². The number of rotatable bonds is 9. The fourth-order valence-electron chi connectivity index (χ4n) is 2.53. The van der Waals surface area contributed by atoms with Gasteiger partial charge in [-0.05, 0) is 42.8 Å². The summed E-state index contributed by atoms with van der Waals surface area (Å²) in [5.41, 5.74) is 1.38. The highest BCUT2D eigenvalue weighted by Crippen LogP contribution is 2.24. The van der Waals surface area contributed by atoms with Gasteiger partial charge in [-0.2, -0.15) is 0 Å². The molecule has 2 heterocycles. The number of carbonyl (C=O) groups excluding carboxylic acids is 1. The van der Waals surface area contributed by atoms with Crippen molar-refractivity contribution < 1.29 is 13.9 Å². The molecule has 0 bridgehead atoms. The van der Waals surface area contributed by atoms with Gasteiger partial charge in [0.15, 0.2) is 16.8 Å². The molecule has 0 fully saturated rings. The predicted molar refractivity (Wildman–Crippen MR) is 101 cm³/mol. The third-order valence-electron chi connectivity index (χ3n) is 3.88. The number of halogens is 1. The summed E-state index contributed by atoms with van der Waals surface area (Å²) < 4.78 is 20.1. The van der Waals surface area contributed by atoms with Crippen molar-refractivity contribution in [2.75, 3.05) is 19.5 Å². The van der Waals surface area contributed by atoms with Crippen LogP contribution in [-0.2, 0) is 11.3 Å². The Bertz CT molecular complexity index is 884. The Morgan fingerprint density at radius 2 is 1.89 bits per heavy atom. The predicted octanol–water partition coefficient (Wildman–Crippen LogP) is 3.49. The van der Waals surface area contributed by atoms with Crippen molar-refractivity contribution in [1.29, 1.82) is 0 Å². The minimum atomic E-state index is -0.362. The monoisotopic (exact) mass is 386 g/mol. The van der Waals surface area contributed by atoms with Gasteiger partial charge in [0, 0.05) is 43.8 Å². The lowest BCUT2D eigenvalue weighted by molar-refractivity contribution is 0.102. The molecule has 0 saturated heterocycles. The molecule has 27 heavy (non-hydrogen) atoms. The van der Waals surface area contributed by atoms with E-state index in [0.29, 0.717) is 23.9 Å². The molecule has 0 amide bonds. The quantitative estimate of drug-likeness (QED) is 0.319. The second kappa shape index (κ2) is 9.38. The highest BCUT2D eigenvalue weighted by Gasteiger charge is 2.16. The first kappa shape index (κ1) is 19.2. The fourth-order valence-corrected chi connectivity index (χ4v) is 3.39. The Morgan fingerprint density at radius 1 is 1.15 bits per heavy atom. The number of benzene rings is 1. The summed E-state index contributed by atoms with van der Waals surface area (Å²) in [6.45, 7) is 1.29. The van der Waals surface area contributed by atoms with E-state index in [2.05, 4.69) is 15.2 Å². The maximum Gasteiger partial charge on any atom is 0.191 e. The lowest BCUT2D eigenvalue weighted by atomic mass is 10.1. The van der Waals surface area contributed by atoms with E-state index in [4.69, 9.17) is 4.74 Å². The Labute approximate surface area is 160 Å². The molecular weight excluding hydrogens is 367 g/mol. The van der Waals surface area contributed by atoms with E-state index in [-0.39, 0.29) is 17.4 Å². The molecule has 1 aromatic carbocycles. The number of aromatic nitrogens is 4. The summed E-state index contributed by atoms with van der Waals surface area (Å²) in [5.74, 6) is 0.478. The topological polar surface area (TPSA) is 69.9 Å². The van der Waals surface area contributed by atoms with Crippen molar-refractivity contribution >= 4 is 17.5 Å². The Hall–Kier alpha value is -2.58. The molecule has 8 heteroatoms. The number of nitrogens with zero attached hydrogens (tertiary/aromatic N) is 4. The molecule has 3 rings (SSSR count). The lowest BCUT2D eigenvalue weighted by Crippen LogP contribution is -2.07. The summed E-state index contributed by atoms with van der Waals surface area (Å²) in [4.78, 5) is 16.4. The van der Waals surface area contributed by atoms with Gasteiger partial charge in [-0.25, -0.2) is 4.39 Å². The smallest absolute Gasteiger partial charge is 0.191 e. The first-order chi connectivity index (χ1) is 13.2. The van der Waals surface area contributed by atoms with Gasteiger partial charge in [-0.15, -0.1) is 10.2 Å². The summed E-state index contributed by atoms with van der Waals surface area (Å²) in [7, 11) is 1.66. The number of methoxy groups -OCH3 is 1. The van der Waals surface area contributed by atoms with Gasteiger partial charge < -0.3 is 9.30 Å². The van der Waals surface area contributed by atoms with Crippen LogP contribution in [0.4, 0.5) is 4.39 Å². The Kier molecular flexibility index (Phi) is 6.67. The molecule has 0 radical (unpaired) electrons. The van der Waals surface area contributed by atoms with E-state index in [0.717, 1.165) is 17.8 Å². The second-order valence-electron chi connectivity index (χ2n) is 5.76. The van der Waals surface area contributed by atoms with Gasteiger partial charge in [0.2, 0.25) is 0 Å². The minimum absolute atomic E-state index is 0.0862. The minimum Gasteiger partial charge on any atom is -0.385 e. The van der Waals surface area contributed by atoms with Gasteiger partial charge in [0.1, 0.15) is 5.82 Å². The number of carbonyl (C=O) groups is 1. The van der Waals surface area contributed by atoms with Crippen molar-refractivity contribution in [2.45, 2.75) is 18.1 Å². The number of Topliss-reactive ketones (excluding diaryl/α,β-unsaturated/α-hetero) is 1. The number of hydrogen-bond donors (Lipinski definition) is 0. The number of thioether (sulfide) groups is 1. The molecular formula is C19H19FN4O2S. The van der Waals surface area contributed by atoms with Gasteiger partial charge >= 0.3 is 0 Å². The van der Waals surface area contributed by atoms with Crippen LogP contribution in [0.5, 0.6) is 0 Å². The second-order valence-corrected chi connectivity index (χ2v) is 6.70. The normalized spacial score (nSPS) is 10.9. The molecule has 2 aromatic heterocycles. The SMILES string of the molecule is COCCCn1c(SCC(=O)c2ccc(F)cc2)nnc1-c1ccncc1. The van der Waals surface area contributed by atoms with Crippen LogP contribution < -0.4 is 0 Å². The van der Waals surface area contributed by atoms with Gasteiger partial charge in [-0.3, -0.25) is 9.78 Å². The lowest BCUT2D eigenvalue weighted by Gasteiger charge is -2.10. The highest BCUT2D eigenvalue weighted by molar-refractivity contribution is 7.99. The molecule has 0 spiro atoms. The van der Waals surface area contributed by atoms with E-state index in [1.54, 1.807) is 19.5 Å². The van der Waals surface area contributed by atoms with Crippen LogP contribution in [0.2, 0.25) is 0 Å². The van der Waals surface area contributed by atoms with Crippen molar-refractivity contribution in [3.8, 4) is 11.4 Å².